The Bertz CT molecular complexity index is 7680. The van der Waals surface area contributed by atoms with Gasteiger partial charge in [-0.3, -0.25) is 0 Å². The first kappa shape index (κ1) is 79.4. The first-order valence-corrected chi connectivity index (χ1v) is 42.2. The van der Waals surface area contributed by atoms with E-state index in [4.69, 9.17) is 26.2 Å². The Labute approximate surface area is 723 Å². The minimum absolute atomic E-state index is 0.315. The fourth-order valence-electron chi connectivity index (χ4n) is 17.7. The van der Waals surface area contributed by atoms with E-state index in [1.54, 1.807) is 12.3 Å². The van der Waals surface area contributed by atoms with Crippen LogP contribution in [0.5, 0.6) is 0 Å². The lowest BCUT2D eigenvalue weighted by molar-refractivity contribution is -0.660. The highest BCUT2D eigenvalue weighted by atomic mass is 16.4. The van der Waals surface area contributed by atoms with Gasteiger partial charge in [-0.25, -0.2) is 47.8 Å². The predicted octanol–water partition coefficient (Wildman–Crippen LogP) is 24.7. The second-order valence-corrected chi connectivity index (χ2v) is 34.5. The van der Waals surface area contributed by atoms with Crippen molar-refractivity contribution < 1.29 is 49.0 Å². The van der Waals surface area contributed by atoms with E-state index in [0.29, 0.717) is 22.9 Å². The van der Waals surface area contributed by atoms with Crippen LogP contribution in [0.2, 0.25) is 0 Å². The molecule has 0 saturated carbocycles. The van der Waals surface area contributed by atoms with Crippen molar-refractivity contribution in [2.75, 3.05) is 0 Å². The number of hydrogen-bond donors (Lipinski definition) is 0. The smallest absolute Gasteiger partial charge is 0.227 e. The predicted molar refractivity (Wildman–Crippen MR) is 499 cm³/mol. The average Bonchev–Trinajstić information content (AvgIpc) is 1.59. The number of furan rings is 5. The Hall–Kier alpha value is -13.4. The number of benzene rings is 5. The highest BCUT2D eigenvalue weighted by Gasteiger charge is 2.30. The summed E-state index contributed by atoms with van der Waals surface area (Å²) in [5.74, 6) is 0.483. The molecular weight excluding hydrogens is 1520 g/mol. The molecule has 618 valence electrons. The van der Waals surface area contributed by atoms with Gasteiger partial charge in [0.25, 0.3) is 0 Å². The van der Waals surface area contributed by atoms with E-state index < -0.39 is 6.85 Å². The molecule has 20 rings (SSSR count). The topological polar surface area (TPSA) is 150 Å². The zero-order chi connectivity index (χ0) is 90.0. The second kappa shape index (κ2) is 32.5. The molecular formula is C108H111N10O5+5. The third-order valence-corrected chi connectivity index (χ3v) is 24.6. The van der Waals surface area contributed by atoms with Gasteiger partial charge in [-0.2, -0.15) is 0 Å². The molecule has 0 unspecified atom stereocenters. The lowest BCUT2D eigenvalue weighted by Gasteiger charge is -2.10. The summed E-state index contributed by atoms with van der Waals surface area (Å²) in [7, 11) is 10.2. The molecule has 0 amide bonds. The van der Waals surface area contributed by atoms with Gasteiger partial charge in [0.15, 0.2) is 58.9 Å². The summed E-state index contributed by atoms with van der Waals surface area (Å²) in [5, 5.41) is 11.0. The first-order chi connectivity index (χ1) is 59.8. The van der Waals surface area contributed by atoms with Crippen molar-refractivity contribution in [1.29, 1.82) is 0 Å². The molecule has 0 fully saturated rings. The quantitative estimate of drug-likeness (QED) is 0.147. The maximum Gasteiger partial charge on any atom is 0.227 e. The third kappa shape index (κ3) is 15.3. The van der Waals surface area contributed by atoms with Gasteiger partial charge in [-0.15, -0.1) is 0 Å². The molecule has 15 heterocycles. The summed E-state index contributed by atoms with van der Waals surface area (Å²) in [6.07, 6.45) is 10.3. The van der Waals surface area contributed by atoms with Crippen LogP contribution in [0.4, 0.5) is 0 Å². The molecule has 0 aliphatic rings. The molecule has 0 bridgehead atoms. The summed E-state index contributed by atoms with van der Waals surface area (Å²) in [6.45, 7) is 42.2. The number of fused-ring (bicyclic) bond motifs is 15. The summed E-state index contributed by atoms with van der Waals surface area (Å²) < 4.78 is 64.6. The largest absolute Gasteiger partial charge is 0.437 e. The van der Waals surface area contributed by atoms with E-state index in [2.05, 4.69) is 297 Å². The van der Waals surface area contributed by atoms with Gasteiger partial charge in [-0.05, 0) is 278 Å². The van der Waals surface area contributed by atoms with Crippen LogP contribution in [0.1, 0.15) is 141 Å². The van der Waals surface area contributed by atoms with E-state index >= 15 is 0 Å². The van der Waals surface area contributed by atoms with Crippen molar-refractivity contribution in [2.45, 2.75) is 158 Å². The van der Waals surface area contributed by atoms with Crippen LogP contribution in [0.15, 0.2) is 199 Å². The monoisotopic (exact) mass is 1630 g/mol. The van der Waals surface area contributed by atoms with Gasteiger partial charge in [-0.1, -0.05) is 56.3 Å². The van der Waals surface area contributed by atoms with Crippen LogP contribution >= 0.6 is 0 Å². The molecule has 0 aliphatic carbocycles. The fraction of sp³-hybridized carbons (Fsp3) is 0.259. The molecule has 15 nitrogen and oxygen atoms in total. The molecule has 0 saturated heterocycles. The second-order valence-electron chi connectivity index (χ2n) is 34.5. The Kier molecular flexibility index (Phi) is 21.0. The molecule has 0 N–H and O–H groups in total. The number of pyridine rings is 10. The van der Waals surface area contributed by atoms with Gasteiger partial charge in [0.05, 0.1) is 27.8 Å². The van der Waals surface area contributed by atoms with Gasteiger partial charge in [0, 0.05) is 145 Å². The molecule has 15 heteroatoms. The van der Waals surface area contributed by atoms with Crippen molar-refractivity contribution in [3.8, 4) is 56.3 Å². The molecule has 123 heavy (non-hydrogen) atoms. The average molecular weight is 1630 g/mol. The van der Waals surface area contributed by atoms with Crippen molar-refractivity contribution in [3.05, 3.63) is 294 Å². The number of hydrogen-bond acceptors (Lipinski definition) is 10. The molecule has 0 aliphatic heterocycles. The Morgan fingerprint density at radius 1 is 0.252 bits per heavy atom. The molecule has 0 atom stereocenters. The van der Waals surface area contributed by atoms with E-state index in [1.807, 2.05) is 95.6 Å². The van der Waals surface area contributed by atoms with E-state index in [1.165, 1.54) is 111 Å². The first-order valence-electron chi connectivity index (χ1n) is 43.7. The summed E-state index contributed by atoms with van der Waals surface area (Å²) in [6, 6.07) is 50.5. The van der Waals surface area contributed by atoms with E-state index in [0.717, 1.165) is 156 Å². The Balaban J connectivity index is 0.000000116. The van der Waals surface area contributed by atoms with Crippen LogP contribution in [0, 0.1) is 138 Å². The minimum atomic E-state index is -2.13. The molecule has 0 spiro atoms. The van der Waals surface area contributed by atoms with E-state index in [9.17, 15) is 0 Å². The standard InChI is InChI=1S/C23H25N2O.2C22H23N2O.C21H21N2O.C20H19N2O/c1-13(2)17-9-10-25(6)19(12-17)21-15(4)11-14(3)20-18-8-7-16(5)24-23(18)26-22(20)21;2*1-12-10-18(24(6)11-15(12)4)20-14(3)9-13(2)19-17-8-7-16(5)23-22(17)25-21(19)20;1-12-6-8-16-17-9-7-15(4)22-21(17)24-20(16)19(12)18-10-13(2)14(3)11-23(18)5;1-12-5-10-17(22(4)11-12)18-13(2)6-8-15-16-9-7-14(3)21-20(16)23-19(15)18/h7-13H,1-6H3;2*7-11H,1-6H3;6-11H,1-5H3;5-11H,1-4H3/q5*+1/i;;;;1D3. The lowest BCUT2D eigenvalue weighted by atomic mass is 9.95. The maximum absolute atomic E-state index is 7.60. The Morgan fingerprint density at radius 2 is 0.545 bits per heavy atom. The van der Waals surface area contributed by atoms with Crippen LogP contribution < -0.4 is 22.8 Å². The van der Waals surface area contributed by atoms with Gasteiger partial charge in [0.2, 0.25) is 57.0 Å². The lowest BCUT2D eigenvalue weighted by Crippen LogP contribution is -2.31. The fourth-order valence-corrected chi connectivity index (χ4v) is 17.7. The van der Waals surface area contributed by atoms with Crippen molar-refractivity contribution in [2.24, 2.45) is 35.2 Å². The number of rotatable bonds is 6. The SMILES string of the molecule is Cc1ccc2c(n1)oc1c(-c3cc(C(C)C)cc[n+]3C)c(C)cc(C)c12.Cc1ccc2c(n1)oc1c(-c3cc(C)c(C)c[n+]3C)c(C)cc(C)c12.Cc1ccc2c(n1)oc1c(-c3cc(C)c(C)c[n+]3C)c(C)cc(C)c12.Cc1ccc2c(n1)oc1c(-c3cc(C)c(C)c[n+]3C)c(C)ccc12.[2H]C([2H])([2H])c1ccc(-c2c(C)ccc3c2oc2nc(C)ccc23)[n+](C)c1. The van der Waals surface area contributed by atoms with Crippen LogP contribution in [0.3, 0.4) is 0 Å². The maximum atomic E-state index is 7.60. The molecule has 5 aromatic carbocycles. The summed E-state index contributed by atoms with van der Waals surface area (Å²) in [4.78, 5) is 22.9. The van der Waals surface area contributed by atoms with E-state index in [-0.39, 0.29) is 0 Å². The van der Waals surface area contributed by atoms with Crippen LogP contribution in [-0.2, 0) is 35.2 Å². The molecule has 20 aromatic rings. The number of aromatic nitrogens is 10. The zero-order valence-electron chi connectivity index (χ0n) is 78.8. The Morgan fingerprint density at radius 3 is 0.878 bits per heavy atom. The van der Waals surface area contributed by atoms with Gasteiger partial charge >= 0.3 is 0 Å². The van der Waals surface area contributed by atoms with Crippen LogP contribution in [-0.4, -0.2) is 24.9 Å². The third-order valence-electron chi connectivity index (χ3n) is 24.6. The molecule has 15 aromatic heterocycles. The molecule has 0 radical (unpaired) electrons. The number of nitrogens with zero attached hydrogens (tertiary/aromatic N) is 10. The zero-order valence-corrected chi connectivity index (χ0v) is 75.8. The van der Waals surface area contributed by atoms with Crippen molar-refractivity contribution in [1.82, 2.24) is 24.9 Å². The highest BCUT2D eigenvalue weighted by Crippen LogP contribution is 2.45. The van der Waals surface area contributed by atoms with Crippen LogP contribution in [0.25, 0.3) is 167 Å². The summed E-state index contributed by atoms with van der Waals surface area (Å²) >= 11 is 0. The minimum Gasteiger partial charge on any atom is -0.437 e. The van der Waals surface area contributed by atoms with Gasteiger partial charge < -0.3 is 22.1 Å². The van der Waals surface area contributed by atoms with Crippen molar-refractivity contribution >= 4 is 110 Å². The van der Waals surface area contributed by atoms with Gasteiger partial charge in [0.1, 0.15) is 35.2 Å². The summed E-state index contributed by atoms with van der Waals surface area (Å²) in [5.41, 5.74) is 42.9. The highest BCUT2D eigenvalue weighted by molar-refractivity contribution is 6.14. The normalized spacial score (nSPS) is 12.1. The number of aryl methyl sites for hydroxylation is 25. The van der Waals surface area contributed by atoms with Crippen molar-refractivity contribution in [3.63, 3.8) is 0 Å².